The maximum atomic E-state index is 12.8. The summed E-state index contributed by atoms with van der Waals surface area (Å²) in [4.78, 5) is 14.6. The lowest BCUT2D eigenvalue weighted by Crippen LogP contribution is -2.38. The molecule has 1 fully saturated rings. The Bertz CT molecular complexity index is 767. The van der Waals surface area contributed by atoms with E-state index in [2.05, 4.69) is 12.2 Å². The third-order valence-electron chi connectivity index (χ3n) is 4.07. The Morgan fingerprint density at radius 3 is 2.33 bits per heavy atom. The van der Waals surface area contributed by atoms with Crippen molar-refractivity contribution < 1.29 is 4.79 Å². The zero-order valence-corrected chi connectivity index (χ0v) is 13.4. The lowest BCUT2D eigenvalue weighted by Gasteiger charge is -2.30. The van der Waals surface area contributed by atoms with Gasteiger partial charge in [0.15, 0.2) is 5.57 Å². The molecule has 0 aliphatic carbocycles. The van der Waals surface area contributed by atoms with E-state index in [0.717, 1.165) is 12.8 Å². The predicted octanol–water partition coefficient (Wildman–Crippen LogP) is 2.80. The molecule has 1 aliphatic heterocycles. The van der Waals surface area contributed by atoms with E-state index in [4.69, 9.17) is 15.8 Å². The molecule has 1 amide bonds. The lowest BCUT2D eigenvalue weighted by atomic mass is 9.98. The molecule has 6 nitrogen and oxygen atoms in total. The van der Waals surface area contributed by atoms with Crippen LogP contribution in [0.5, 0.6) is 0 Å². The number of hydrogen-bond donors (Lipinski definition) is 1. The number of nitrogens with one attached hydrogen (secondary N) is 1. The Hall–Kier alpha value is -3.30. The second-order valence-electron chi connectivity index (χ2n) is 5.73. The Labute approximate surface area is 141 Å². The monoisotopic (exact) mass is 319 g/mol. The Balaban J connectivity index is 2.30. The minimum atomic E-state index is -0.313. The molecular weight excluding hydrogens is 302 g/mol. The lowest BCUT2D eigenvalue weighted by molar-refractivity contribution is 0.0698. The van der Waals surface area contributed by atoms with Crippen LogP contribution in [-0.2, 0) is 0 Å². The number of rotatable bonds is 3. The number of allylic oxidation sites excluding steroid dienone is 2. The van der Waals surface area contributed by atoms with Crippen LogP contribution < -0.4 is 5.32 Å². The summed E-state index contributed by atoms with van der Waals surface area (Å²) in [6.45, 7) is 3.58. The van der Waals surface area contributed by atoms with Crippen LogP contribution in [0.25, 0.3) is 0 Å². The molecule has 0 spiro atoms. The molecule has 1 aromatic rings. The van der Waals surface area contributed by atoms with Gasteiger partial charge in [0, 0.05) is 13.1 Å². The first kappa shape index (κ1) is 17.1. The van der Waals surface area contributed by atoms with E-state index < -0.39 is 0 Å². The van der Waals surface area contributed by atoms with Crippen LogP contribution in [0.4, 0.5) is 5.69 Å². The van der Waals surface area contributed by atoms with Crippen LogP contribution in [0, 0.1) is 39.9 Å². The first-order chi connectivity index (χ1) is 11.6. The molecule has 0 bridgehead atoms. The van der Waals surface area contributed by atoms with Crippen LogP contribution in [0.2, 0.25) is 0 Å². The van der Waals surface area contributed by atoms with E-state index in [1.165, 1.54) is 0 Å². The summed E-state index contributed by atoms with van der Waals surface area (Å²) in [5.74, 6) is 0.502. The molecule has 120 valence electrons. The van der Waals surface area contributed by atoms with E-state index in [9.17, 15) is 4.79 Å². The number of piperidine rings is 1. The van der Waals surface area contributed by atoms with E-state index in [0.29, 0.717) is 30.3 Å². The van der Waals surface area contributed by atoms with Crippen LogP contribution in [0.15, 0.2) is 35.5 Å². The average Bonchev–Trinajstić information content (AvgIpc) is 2.62. The van der Waals surface area contributed by atoms with Crippen molar-refractivity contribution in [3.8, 4) is 18.2 Å². The van der Waals surface area contributed by atoms with Gasteiger partial charge in [0.1, 0.15) is 23.9 Å². The minimum absolute atomic E-state index is 0.113. The second kappa shape index (κ2) is 7.81. The molecule has 6 heteroatoms. The summed E-state index contributed by atoms with van der Waals surface area (Å²) in [7, 11) is 0. The number of carbonyl (C=O) groups excluding carboxylic acids is 1. The standard InChI is InChI=1S/C18H17N5O/c1-13-6-8-23(9-7-13)18(24)15-4-2-3-5-16(15)22-17(12-21)14(10-19)11-20/h2-5,13,22H,6-9H2,1H3. The van der Waals surface area contributed by atoms with Gasteiger partial charge in [-0.25, -0.2) is 0 Å². The second-order valence-corrected chi connectivity index (χ2v) is 5.73. The quantitative estimate of drug-likeness (QED) is 0.863. The van der Waals surface area contributed by atoms with E-state index in [-0.39, 0.29) is 17.2 Å². The number of hydrogen-bond acceptors (Lipinski definition) is 5. The topological polar surface area (TPSA) is 104 Å². The van der Waals surface area contributed by atoms with Crippen molar-refractivity contribution >= 4 is 11.6 Å². The fraction of sp³-hybridized carbons (Fsp3) is 0.333. The molecule has 0 saturated carbocycles. The van der Waals surface area contributed by atoms with E-state index >= 15 is 0 Å². The molecule has 1 aromatic carbocycles. The fourth-order valence-electron chi connectivity index (χ4n) is 2.58. The van der Waals surface area contributed by atoms with Gasteiger partial charge < -0.3 is 10.2 Å². The van der Waals surface area contributed by atoms with Crippen molar-refractivity contribution in [2.24, 2.45) is 5.92 Å². The molecule has 0 atom stereocenters. The Kier molecular flexibility index (Phi) is 5.55. The van der Waals surface area contributed by atoms with Crippen LogP contribution in [0.3, 0.4) is 0 Å². The number of anilines is 1. The molecule has 0 radical (unpaired) electrons. The number of likely N-dealkylation sites (tertiary alicyclic amines) is 1. The first-order valence-corrected chi connectivity index (χ1v) is 7.70. The molecule has 1 heterocycles. The Morgan fingerprint density at radius 2 is 1.75 bits per heavy atom. The van der Waals surface area contributed by atoms with Crippen LogP contribution >= 0.6 is 0 Å². The highest BCUT2D eigenvalue weighted by atomic mass is 16.2. The number of carbonyl (C=O) groups is 1. The molecule has 0 unspecified atom stereocenters. The number of benzene rings is 1. The minimum Gasteiger partial charge on any atom is -0.344 e. The van der Waals surface area contributed by atoms with Gasteiger partial charge in [-0.15, -0.1) is 0 Å². The molecule has 1 saturated heterocycles. The molecule has 24 heavy (non-hydrogen) atoms. The fourth-order valence-corrected chi connectivity index (χ4v) is 2.58. The summed E-state index contributed by atoms with van der Waals surface area (Å²) >= 11 is 0. The van der Waals surface area contributed by atoms with Gasteiger partial charge in [-0.2, -0.15) is 15.8 Å². The van der Waals surface area contributed by atoms with Crippen molar-refractivity contribution in [3.63, 3.8) is 0 Å². The summed E-state index contributed by atoms with van der Waals surface area (Å²) < 4.78 is 0. The van der Waals surface area contributed by atoms with Gasteiger partial charge in [0.05, 0.1) is 11.3 Å². The van der Waals surface area contributed by atoms with Crippen LogP contribution in [-0.4, -0.2) is 23.9 Å². The molecular formula is C18H17N5O. The van der Waals surface area contributed by atoms with Crippen molar-refractivity contribution in [3.05, 3.63) is 41.1 Å². The molecule has 1 N–H and O–H groups in total. The zero-order valence-electron chi connectivity index (χ0n) is 13.4. The van der Waals surface area contributed by atoms with Gasteiger partial charge in [0.25, 0.3) is 5.91 Å². The van der Waals surface area contributed by atoms with Gasteiger partial charge in [0.2, 0.25) is 0 Å². The van der Waals surface area contributed by atoms with Gasteiger partial charge in [-0.05, 0) is 30.9 Å². The van der Waals surface area contributed by atoms with Crippen LogP contribution in [0.1, 0.15) is 30.1 Å². The molecule has 2 rings (SSSR count). The smallest absolute Gasteiger partial charge is 0.255 e. The van der Waals surface area contributed by atoms with Crippen molar-refractivity contribution in [2.45, 2.75) is 19.8 Å². The number of amides is 1. The number of para-hydroxylation sites is 1. The largest absolute Gasteiger partial charge is 0.344 e. The predicted molar refractivity (Wildman–Crippen MR) is 88.2 cm³/mol. The third kappa shape index (κ3) is 3.72. The van der Waals surface area contributed by atoms with E-state index in [1.807, 2.05) is 0 Å². The highest BCUT2D eigenvalue weighted by molar-refractivity contribution is 6.00. The van der Waals surface area contributed by atoms with Gasteiger partial charge in [-0.1, -0.05) is 19.1 Å². The highest BCUT2D eigenvalue weighted by Crippen LogP contribution is 2.23. The highest BCUT2D eigenvalue weighted by Gasteiger charge is 2.23. The average molecular weight is 319 g/mol. The first-order valence-electron chi connectivity index (χ1n) is 7.70. The number of nitrogens with zero attached hydrogens (tertiary/aromatic N) is 4. The normalized spacial score (nSPS) is 14.0. The Morgan fingerprint density at radius 1 is 1.12 bits per heavy atom. The maximum absolute atomic E-state index is 12.8. The van der Waals surface area contributed by atoms with Crippen molar-refractivity contribution in [1.29, 1.82) is 15.8 Å². The zero-order chi connectivity index (χ0) is 17.5. The third-order valence-corrected chi connectivity index (χ3v) is 4.07. The summed E-state index contributed by atoms with van der Waals surface area (Å²) in [5, 5.41) is 29.7. The summed E-state index contributed by atoms with van der Waals surface area (Å²) in [6, 6.07) is 12.0. The van der Waals surface area contributed by atoms with Gasteiger partial charge >= 0.3 is 0 Å². The molecule has 1 aliphatic rings. The number of nitriles is 3. The SMILES string of the molecule is CC1CCN(C(=O)c2ccccc2NC(C#N)=C(C#N)C#N)CC1. The summed E-state index contributed by atoms with van der Waals surface area (Å²) in [6.07, 6.45) is 1.94. The van der Waals surface area contributed by atoms with Crippen molar-refractivity contribution in [1.82, 2.24) is 4.90 Å². The van der Waals surface area contributed by atoms with Crippen molar-refractivity contribution in [2.75, 3.05) is 18.4 Å². The van der Waals surface area contributed by atoms with E-state index in [1.54, 1.807) is 47.4 Å². The summed E-state index contributed by atoms with van der Waals surface area (Å²) in [5.41, 5.74) is 0.370. The maximum Gasteiger partial charge on any atom is 0.255 e. The molecule has 0 aromatic heterocycles. The van der Waals surface area contributed by atoms with Gasteiger partial charge in [-0.3, -0.25) is 4.79 Å².